The molecule has 0 unspecified atom stereocenters. The molecule has 1 heterocycles. The summed E-state index contributed by atoms with van der Waals surface area (Å²) in [4.78, 5) is 8.40. The van der Waals surface area contributed by atoms with Gasteiger partial charge in [-0.3, -0.25) is 0 Å². The zero-order valence-corrected chi connectivity index (χ0v) is 8.64. The van der Waals surface area contributed by atoms with Crippen LogP contribution >= 0.6 is 11.6 Å². The van der Waals surface area contributed by atoms with Gasteiger partial charge in [-0.05, 0) is 12.5 Å². The molecule has 0 bridgehead atoms. The molecule has 0 aromatic carbocycles. The summed E-state index contributed by atoms with van der Waals surface area (Å²) in [5.74, 6) is 0.794. The number of hydrogen-bond donors (Lipinski definition) is 0. The van der Waals surface area contributed by atoms with E-state index in [1.165, 1.54) is 0 Å². The standard InChI is InChI=1S/C9H13ClN2O/c1-3-4-9-11-7(6-13-2)5-8(10)12-9/h5H,3-4,6H2,1-2H3. The van der Waals surface area contributed by atoms with Crippen molar-refractivity contribution in [2.75, 3.05) is 7.11 Å². The Balaban J connectivity index is 2.83. The second-order valence-corrected chi connectivity index (χ2v) is 3.17. The third-order valence-electron chi connectivity index (χ3n) is 1.56. The van der Waals surface area contributed by atoms with Crippen LogP contribution in [0.1, 0.15) is 24.9 Å². The number of nitrogens with zero attached hydrogens (tertiary/aromatic N) is 2. The fourth-order valence-corrected chi connectivity index (χ4v) is 1.30. The van der Waals surface area contributed by atoms with Crippen LogP contribution in [0.3, 0.4) is 0 Å². The van der Waals surface area contributed by atoms with Gasteiger partial charge in [-0.15, -0.1) is 0 Å². The fraction of sp³-hybridized carbons (Fsp3) is 0.556. The van der Waals surface area contributed by atoms with Crippen LogP contribution in [-0.2, 0) is 17.8 Å². The number of aryl methyl sites for hydroxylation is 1. The van der Waals surface area contributed by atoms with Crippen molar-refractivity contribution in [2.24, 2.45) is 0 Å². The van der Waals surface area contributed by atoms with Crippen molar-refractivity contribution in [3.05, 3.63) is 22.7 Å². The predicted molar refractivity (Wildman–Crippen MR) is 51.8 cm³/mol. The molecular formula is C9H13ClN2O. The van der Waals surface area contributed by atoms with E-state index in [1.807, 2.05) is 0 Å². The Morgan fingerprint density at radius 1 is 1.46 bits per heavy atom. The maximum Gasteiger partial charge on any atom is 0.133 e. The van der Waals surface area contributed by atoms with E-state index in [2.05, 4.69) is 16.9 Å². The largest absolute Gasteiger partial charge is 0.378 e. The minimum absolute atomic E-state index is 0.485. The lowest BCUT2D eigenvalue weighted by molar-refractivity contribution is 0.181. The number of halogens is 1. The molecule has 0 saturated carbocycles. The highest BCUT2D eigenvalue weighted by atomic mass is 35.5. The Morgan fingerprint density at radius 2 is 2.23 bits per heavy atom. The molecule has 13 heavy (non-hydrogen) atoms. The van der Waals surface area contributed by atoms with E-state index in [0.717, 1.165) is 24.4 Å². The van der Waals surface area contributed by atoms with Crippen molar-refractivity contribution in [1.29, 1.82) is 0 Å². The van der Waals surface area contributed by atoms with Crippen LogP contribution in [0.2, 0.25) is 5.15 Å². The molecule has 3 nitrogen and oxygen atoms in total. The molecule has 0 radical (unpaired) electrons. The van der Waals surface area contributed by atoms with Crippen LogP contribution in [0, 0.1) is 0 Å². The first-order chi connectivity index (χ1) is 6.26. The summed E-state index contributed by atoms with van der Waals surface area (Å²) in [6.07, 6.45) is 1.88. The van der Waals surface area contributed by atoms with E-state index in [1.54, 1.807) is 13.2 Å². The average Bonchev–Trinajstić information content (AvgIpc) is 2.04. The number of ether oxygens (including phenoxy) is 1. The van der Waals surface area contributed by atoms with Gasteiger partial charge in [0.25, 0.3) is 0 Å². The molecule has 4 heteroatoms. The number of rotatable bonds is 4. The minimum atomic E-state index is 0.485. The molecule has 0 fully saturated rings. The highest BCUT2D eigenvalue weighted by Crippen LogP contribution is 2.09. The van der Waals surface area contributed by atoms with Gasteiger partial charge < -0.3 is 4.74 Å². The maximum atomic E-state index is 5.81. The van der Waals surface area contributed by atoms with E-state index >= 15 is 0 Å². The summed E-state index contributed by atoms with van der Waals surface area (Å²) >= 11 is 5.81. The lowest BCUT2D eigenvalue weighted by Crippen LogP contribution is -2.00. The summed E-state index contributed by atoms with van der Waals surface area (Å²) in [6, 6.07) is 1.73. The van der Waals surface area contributed by atoms with Crippen molar-refractivity contribution < 1.29 is 4.74 Å². The Bertz CT molecular complexity index is 254. The molecule has 0 spiro atoms. The predicted octanol–water partition coefficient (Wildman–Crippen LogP) is 2.23. The quantitative estimate of drug-likeness (QED) is 0.700. The molecule has 0 aliphatic carbocycles. The van der Waals surface area contributed by atoms with Crippen molar-refractivity contribution in [2.45, 2.75) is 26.4 Å². The van der Waals surface area contributed by atoms with E-state index in [0.29, 0.717) is 11.8 Å². The summed E-state index contributed by atoms with van der Waals surface area (Å²) in [6.45, 7) is 2.57. The lowest BCUT2D eigenvalue weighted by atomic mass is 10.3. The van der Waals surface area contributed by atoms with Gasteiger partial charge in [-0.2, -0.15) is 0 Å². The smallest absolute Gasteiger partial charge is 0.133 e. The highest BCUT2D eigenvalue weighted by Gasteiger charge is 2.01. The molecule has 0 saturated heterocycles. The van der Waals surface area contributed by atoms with E-state index < -0.39 is 0 Å². The molecule has 0 N–H and O–H groups in total. The van der Waals surface area contributed by atoms with E-state index in [9.17, 15) is 0 Å². The number of methoxy groups -OCH3 is 1. The highest BCUT2D eigenvalue weighted by molar-refractivity contribution is 6.29. The number of aromatic nitrogens is 2. The summed E-state index contributed by atoms with van der Waals surface area (Å²) < 4.78 is 4.97. The SMILES string of the molecule is CCCc1nc(Cl)cc(COC)n1. The summed E-state index contributed by atoms with van der Waals surface area (Å²) in [7, 11) is 1.63. The van der Waals surface area contributed by atoms with Crippen molar-refractivity contribution in [3.8, 4) is 0 Å². The molecular weight excluding hydrogens is 188 g/mol. The maximum absolute atomic E-state index is 5.81. The van der Waals surface area contributed by atoms with Gasteiger partial charge in [-0.1, -0.05) is 18.5 Å². The lowest BCUT2D eigenvalue weighted by Gasteiger charge is -2.02. The molecule has 0 atom stereocenters. The topological polar surface area (TPSA) is 35.0 Å². The van der Waals surface area contributed by atoms with Gasteiger partial charge >= 0.3 is 0 Å². The van der Waals surface area contributed by atoms with Crippen molar-refractivity contribution >= 4 is 11.6 Å². The first-order valence-corrected chi connectivity index (χ1v) is 4.65. The van der Waals surface area contributed by atoms with Crippen molar-refractivity contribution in [1.82, 2.24) is 9.97 Å². The van der Waals surface area contributed by atoms with Crippen LogP contribution in [0.4, 0.5) is 0 Å². The molecule has 1 aromatic heterocycles. The van der Waals surface area contributed by atoms with E-state index in [-0.39, 0.29) is 0 Å². The fourth-order valence-electron chi connectivity index (χ4n) is 1.07. The second-order valence-electron chi connectivity index (χ2n) is 2.78. The Morgan fingerprint density at radius 3 is 2.85 bits per heavy atom. The van der Waals surface area contributed by atoms with Crippen LogP contribution in [0.15, 0.2) is 6.07 Å². The first-order valence-electron chi connectivity index (χ1n) is 4.27. The monoisotopic (exact) mass is 200 g/mol. The second kappa shape index (κ2) is 5.14. The summed E-state index contributed by atoms with van der Waals surface area (Å²) in [5.41, 5.74) is 0.839. The Hall–Kier alpha value is -0.670. The number of hydrogen-bond acceptors (Lipinski definition) is 3. The van der Waals surface area contributed by atoms with Crippen LogP contribution < -0.4 is 0 Å². The van der Waals surface area contributed by atoms with Crippen LogP contribution in [0.5, 0.6) is 0 Å². The molecule has 0 aliphatic rings. The van der Waals surface area contributed by atoms with Crippen LogP contribution in [0.25, 0.3) is 0 Å². The van der Waals surface area contributed by atoms with Gasteiger partial charge in [-0.25, -0.2) is 9.97 Å². The normalized spacial score (nSPS) is 10.4. The minimum Gasteiger partial charge on any atom is -0.378 e. The van der Waals surface area contributed by atoms with Crippen LogP contribution in [-0.4, -0.2) is 17.1 Å². The van der Waals surface area contributed by atoms with Gasteiger partial charge in [0, 0.05) is 13.5 Å². The van der Waals surface area contributed by atoms with Gasteiger partial charge in [0.15, 0.2) is 0 Å². The third-order valence-corrected chi connectivity index (χ3v) is 1.75. The zero-order valence-electron chi connectivity index (χ0n) is 7.88. The third kappa shape index (κ3) is 3.28. The molecule has 0 amide bonds. The van der Waals surface area contributed by atoms with E-state index in [4.69, 9.17) is 16.3 Å². The Kier molecular flexibility index (Phi) is 4.12. The zero-order chi connectivity index (χ0) is 9.68. The van der Waals surface area contributed by atoms with Gasteiger partial charge in [0.05, 0.1) is 12.3 Å². The molecule has 72 valence electrons. The summed E-state index contributed by atoms with van der Waals surface area (Å²) in [5, 5.41) is 0.491. The average molecular weight is 201 g/mol. The molecule has 1 rings (SSSR count). The Labute approximate surface area is 83.1 Å². The molecule has 1 aromatic rings. The van der Waals surface area contributed by atoms with Gasteiger partial charge in [0.2, 0.25) is 0 Å². The van der Waals surface area contributed by atoms with Gasteiger partial charge in [0.1, 0.15) is 11.0 Å². The first kappa shape index (κ1) is 10.4. The molecule has 0 aliphatic heterocycles. The van der Waals surface area contributed by atoms with Crippen molar-refractivity contribution in [3.63, 3.8) is 0 Å².